The molecule has 0 aliphatic rings. The van der Waals surface area contributed by atoms with E-state index in [1.54, 1.807) is 0 Å². The minimum Gasteiger partial charge on any atom is -0.124 e. The normalized spacial score (nSPS) is 5.23. The van der Waals surface area contributed by atoms with Gasteiger partial charge in [-0.15, -0.1) is 19.4 Å². The Hall–Kier alpha value is -0.960. The molecule has 0 heterocycles. The number of hydrogen-bond donors (Lipinski definition) is 0. The fourth-order valence-electron chi connectivity index (χ4n) is 0. The average Bonchev–Trinajstić information content (AvgIpc) is 2.24. The second-order valence-corrected chi connectivity index (χ2v) is 2.06. The minimum atomic E-state index is 1.08. The molecule has 78 valence electrons. The van der Waals surface area contributed by atoms with Crippen molar-refractivity contribution in [2.24, 2.45) is 0 Å². The topological polar surface area (TPSA) is 0 Å². The summed E-state index contributed by atoms with van der Waals surface area (Å²) in [5.74, 6) is 0. The molecule has 0 aromatic heterocycles. The molecule has 0 saturated carbocycles. The van der Waals surface area contributed by atoms with Gasteiger partial charge < -0.3 is 0 Å². The van der Waals surface area contributed by atoms with E-state index in [9.17, 15) is 0 Å². The third kappa shape index (κ3) is 217. The van der Waals surface area contributed by atoms with E-state index in [-0.39, 0.29) is 0 Å². The second kappa shape index (κ2) is 43.8. The van der Waals surface area contributed by atoms with Gasteiger partial charge in [-0.2, -0.15) is 0 Å². The van der Waals surface area contributed by atoms with Crippen LogP contribution in [-0.4, -0.2) is 0 Å². The van der Waals surface area contributed by atoms with Gasteiger partial charge >= 0.3 is 0 Å². The van der Waals surface area contributed by atoms with E-state index in [1.807, 2.05) is 26.8 Å². The molecule has 0 N–H and O–H groups in total. The summed E-state index contributed by atoms with van der Waals surface area (Å²) in [6, 6.07) is 0. The first kappa shape index (κ1) is 22.7. The number of allylic oxidation sites excluding steroid dienone is 3. The maximum absolute atomic E-state index is 4.00. The fraction of sp³-hybridized carbons (Fsp3) is 0.538. The lowest BCUT2D eigenvalue weighted by atomic mass is 10.3. The molecule has 0 aromatic rings. The van der Waals surface area contributed by atoms with Crippen molar-refractivity contribution in [3.05, 3.63) is 24.3 Å². The zero-order chi connectivity index (χ0) is 11.7. The second-order valence-electron chi connectivity index (χ2n) is 2.06. The molecular weight excluding hydrogens is 156 g/mol. The summed E-state index contributed by atoms with van der Waals surface area (Å²) in [6.07, 6.45) is 13.0. The van der Waals surface area contributed by atoms with Crippen molar-refractivity contribution >= 4 is 0 Å². The molecule has 0 aliphatic heterocycles. The van der Waals surface area contributed by atoms with Crippen molar-refractivity contribution in [3.8, 4) is 12.8 Å². The summed E-state index contributed by atoms with van der Waals surface area (Å²) in [4.78, 5) is 0. The van der Waals surface area contributed by atoms with Crippen LogP contribution in [0.25, 0.3) is 0 Å². The van der Waals surface area contributed by atoms with E-state index >= 15 is 0 Å². The van der Waals surface area contributed by atoms with Crippen LogP contribution in [0.5, 0.6) is 0 Å². The summed E-state index contributed by atoms with van der Waals surface area (Å²) in [6.45, 7) is 15.7. The maximum Gasteiger partial charge on any atom is -0.0382 e. The summed E-state index contributed by atoms with van der Waals surface area (Å²) in [5.41, 5.74) is 1.38. The molecule has 0 heteroatoms. The summed E-state index contributed by atoms with van der Waals surface area (Å²) in [7, 11) is 0. The van der Waals surface area contributed by atoms with Crippen LogP contribution >= 0.6 is 0 Å². The van der Waals surface area contributed by atoms with Crippen molar-refractivity contribution in [1.29, 1.82) is 0 Å². The Bertz CT molecular complexity index is 100. The number of terminal acetylenes is 1. The van der Waals surface area contributed by atoms with E-state index in [0.29, 0.717) is 0 Å². The van der Waals surface area contributed by atoms with Gasteiger partial charge in [0.1, 0.15) is 0 Å². The quantitative estimate of drug-likeness (QED) is 0.402. The third-order valence-electron chi connectivity index (χ3n) is 0.866. The molecule has 0 radical (unpaired) electrons. The highest BCUT2D eigenvalue weighted by Crippen LogP contribution is 1.82. The summed E-state index contributed by atoms with van der Waals surface area (Å²) >= 11 is 0. The summed E-state index contributed by atoms with van der Waals surface area (Å²) < 4.78 is 0. The van der Waals surface area contributed by atoms with Crippen LogP contribution in [-0.2, 0) is 0 Å². The van der Waals surface area contributed by atoms with Crippen molar-refractivity contribution < 1.29 is 0 Å². The van der Waals surface area contributed by atoms with Crippen LogP contribution in [0, 0.1) is 12.8 Å². The van der Waals surface area contributed by atoms with Crippen molar-refractivity contribution in [2.75, 3.05) is 0 Å². The molecule has 0 atom stereocenters. The monoisotopic (exact) mass is 182 g/mol. The summed E-state index contributed by atoms with van der Waals surface area (Å²) in [5, 5.41) is 0. The van der Waals surface area contributed by atoms with Crippen LogP contribution in [0.2, 0.25) is 0 Å². The Labute approximate surface area is 85.8 Å². The molecule has 0 unspecified atom stereocenters. The van der Waals surface area contributed by atoms with E-state index in [0.717, 1.165) is 6.42 Å². The Kier molecular flexibility index (Phi) is 76.5. The molecule has 0 rings (SSSR count). The molecular formula is C13H26. The van der Waals surface area contributed by atoms with Gasteiger partial charge in [0.05, 0.1) is 0 Å². The van der Waals surface area contributed by atoms with Crippen LogP contribution in [0.4, 0.5) is 0 Å². The van der Waals surface area contributed by atoms with Gasteiger partial charge in [0.25, 0.3) is 0 Å². The van der Waals surface area contributed by atoms with Gasteiger partial charge in [0.2, 0.25) is 0 Å². The van der Waals surface area contributed by atoms with E-state index in [2.05, 4.69) is 46.3 Å². The van der Waals surface area contributed by atoms with Crippen LogP contribution in [0.1, 0.15) is 48.0 Å². The molecule has 0 saturated heterocycles. The van der Waals surface area contributed by atoms with Crippen molar-refractivity contribution in [1.82, 2.24) is 0 Å². The molecule has 0 spiro atoms. The van der Waals surface area contributed by atoms with Crippen molar-refractivity contribution in [2.45, 2.75) is 48.0 Å². The zero-order valence-corrected chi connectivity index (χ0v) is 10.2. The lowest BCUT2D eigenvalue weighted by Crippen LogP contribution is -1.52. The Morgan fingerprint density at radius 1 is 1.23 bits per heavy atom. The molecule has 0 aliphatic carbocycles. The lowest BCUT2D eigenvalue weighted by molar-refractivity contribution is 1.23. The standard InChI is InChI=1S/C5H10.C4H8.C2H6.C2H2/c1-4-5(2)3;1-3-4-2;2*1-2/h4H,1-3H3;3H,1,4H2,2H3;1-2H3;1-2H. The van der Waals surface area contributed by atoms with Crippen LogP contribution < -0.4 is 0 Å². The zero-order valence-electron chi connectivity index (χ0n) is 10.2. The average molecular weight is 182 g/mol. The van der Waals surface area contributed by atoms with Crippen LogP contribution in [0.15, 0.2) is 24.3 Å². The molecule has 0 amide bonds. The van der Waals surface area contributed by atoms with Gasteiger partial charge in [0, 0.05) is 0 Å². The lowest BCUT2D eigenvalue weighted by Gasteiger charge is -1.74. The molecule has 0 nitrogen and oxygen atoms in total. The molecule has 0 fully saturated rings. The number of rotatable bonds is 1. The molecule has 0 aromatic carbocycles. The molecule has 13 heavy (non-hydrogen) atoms. The van der Waals surface area contributed by atoms with Gasteiger partial charge in [-0.05, 0) is 27.2 Å². The Morgan fingerprint density at radius 3 is 1.38 bits per heavy atom. The Morgan fingerprint density at radius 2 is 1.38 bits per heavy atom. The predicted molar refractivity (Wildman–Crippen MR) is 66.8 cm³/mol. The van der Waals surface area contributed by atoms with Crippen molar-refractivity contribution in [3.63, 3.8) is 0 Å². The SMILES string of the molecule is C#C.C=CCC.CC.CC=C(C)C. The molecule has 0 bridgehead atoms. The highest BCUT2D eigenvalue weighted by Gasteiger charge is 1.60. The Balaban J connectivity index is -0.0000000457. The predicted octanol–water partition coefficient (Wildman–Crippen LogP) is 4.83. The van der Waals surface area contributed by atoms with Gasteiger partial charge in [0.15, 0.2) is 0 Å². The smallest absolute Gasteiger partial charge is 0.0382 e. The first-order chi connectivity index (χ1) is 6.18. The highest BCUT2D eigenvalue weighted by atomic mass is 13.7. The van der Waals surface area contributed by atoms with Gasteiger partial charge in [-0.3, -0.25) is 0 Å². The highest BCUT2D eigenvalue weighted by molar-refractivity contribution is 4.88. The van der Waals surface area contributed by atoms with Gasteiger partial charge in [-0.25, -0.2) is 0 Å². The van der Waals surface area contributed by atoms with E-state index < -0.39 is 0 Å². The first-order valence-corrected chi connectivity index (χ1v) is 4.72. The van der Waals surface area contributed by atoms with E-state index in [1.165, 1.54) is 5.57 Å². The van der Waals surface area contributed by atoms with Crippen LogP contribution in [0.3, 0.4) is 0 Å². The first-order valence-electron chi connectivity index (χ1n) is 4.72. The number of hydrogen-bond acceptors (Lipinski definition) is 0. The largest absolute Gasteiger partial charge is 0.124 e. The fourth-order valence-corrected chi connectivity index (χ4v) is 0. The third-order valence-corrected chi connectivity index (χ3v) is 0.866. The minimum absolute atomic E-state index is 1.08. The van der Waals surface area contributed by atoms with E-state index in [4.69, 9.17) is 0 Å². The maximum atomic E-state index is 4.00. The van der Waals surface area contributed by atoms with Gasteiger partial charge in [-0.1, -0.05) is 38.5 Å².